The number of halogens is 5. The third kappa shape index (κ3) is 3.24. The Labute approximate surface area is 154 Å². The Kier molecular flexibility index (Phi) is 4.85. The van der Waals surface area contributed by atoms with E-state index < -0.39 is 28.9 Å². The minimum Gasteiger partial charge on any atom is -0.292 e. The Morgan fingerprint density at radius 1 is 1.12 bits per heavy atom. The smallest absolute Gasteiger partial charge is 0.292 e. The maximum absolute atomic E-state index is 14.5. The van der Waals surface area contributed by atoms with E-state index in [1.54, 1.807) is 0 Å². The van der Waals surface area contributed by atoms with Crippen molar-refractivity contribution in [2.45, 2.75) is 37.8 Å². The van der Waals surface area contributed by atoms with E-state index in [1.807, 2.05) is 0 Å². The van der Waals surface area contributed by atoms with Crippen molar-refractivity contribution in [1.82, 2.24) is 9.13 Å². The van der Waals surface area contributed by atoms with Crippen LogP contribution in [-0.4, -0.2) is 9.13 Å². The number of rotatable bonds is 2. The predicted molar refractivity (Wildman–Crippen MR) is 91.1 cm³/mol. The first-order valence-corrected chi connectivity index (χ1v) is 8.80. The molecule has 0 radical (unpaired) electrons. The molecule has 1 aliphatic rings. The molecule has 0 saturated heterocycles. The zero-order chi connectivity index (χ0) is 19.2. The second-order valence-electron chi connectivity index (χ2n) is 6.35. The molecule has 1 aliphatic carbocycles. The third-order valence-electron chi connectivity index (χ3n) is 4.71. The second-order valence-corrected chi connectivity index (χ2v) is 7.20. The molecule has 0 spiro atoms. The minimum absolute atomic E-state index is 0.151. The van der Waals surface area contributed by atoms with Crippen molar-refractivity contribution in [3.8, 4) is 5.69 Å². The van der Waals surface area contributed by atoms with E-state index in [-0.39, 0.29) is 11.6 Å². The molecule has 9 heteroatoms. The van der Waals surface area contributed by atoms with Gasteiger partial charge in [-0.2, -0.15) is 13.2 Å². The summed E-state index contributed by atoms with van der Waals surface area (Å²) in [5.41, 5.74) is -3.44. The van der Waals surface area contributed by atoms with E-state index in [9.17, 15) is 27.2 Å². The molecule has 0 N–H and O–H groups in total. The van der Waals surface area contributed by atoms with Crippen LogP contribution in [0, 0.1) is 5.82 Å². The fraction of sp³-hybridized carbons (Fsp3) is 0.412. The topological polar surface area (TPSA) is 44.0 Å². The average molecular weight is 435 g/mol. The molecule has 4 nitrogen and oxygen atoms in total. The SMILES string of the molecule is Cn1c(C(F)(F)F)cc(=O)n(-c2cc(C3CCCC3)c(Br)cc2F)c1=O. The van der Waals surface area contributed by atoms with Gasteiger partial charge in [-0.05, 0) is 36.5 Å². The van der Waals surface area contributed by atoms with Gasteiger partial charge in [-0.25, -0.2) is 13.8 Å². The van der Waals surface area contributed by atoms with Gasteiger partial charge in [0.2, 0.25) is 0 Å². The largest absolute Gasteiger partial charge is 0.431 e. The molecule has 1 heterocycles. The van der Waals surface area contributed by atoms with Crippen LogP contribution in [0.3, 0.4) is 0 Å². The summed E-state index contributed by atoms with van der Waals surface area (Å²) in [7, 11) is 0.899. The van der Waals surface area contributed by atoms with Gasteiger partial charge in [-0.1, -0.05) is 28.8 Å². The van der Waals surface area contributed by atoms with Crippen LogP contribution in [0.15, 0.2) is 32.3 Å². The molecule has 1 aromatic heterocycles. The van der Waals surface area contributed by atoms with Crippen molar-refractivity contribution in [3.05, 3.63) is 60.6 Å². The van der Waals surface area contributed by atoms with Crippen molar-refractivity contribution in [3.63, 3.8) is 0 Å². The van der Waals surface area contributed by atoms with Crippen LogP contribution >= 0.6 is 15.9 Å². The van der Waals surface area contributed by atoms with E-state index >= 15 is 0 Å². The van der Waals surface area contributed by atoms with Crippen LogP contribution in [0.4, 0.5) is 17.6 Å². The molecule has 0 bridgehead atoms. The van der Waals surface area contributed by atoms with Gasteiger partial charge in [0, 0.05) is 17.6 Å². The van der Waals surface area contributed by atoms with E-state index in [0.29, 0.717) is 19.7 Å². The van der Waals surface area contributed by atoms with Gasteiger partial charge in [0.1, 0.15) is 11.5 Å². The lowest BCUT2D eigenvalue weighted by molar-refractivity contribution is -0.144. The summed E-state index contributed by atoms with van der Waals surface area (Å²) in [6.45, 7) is 0. The fourth-order valence-corrected chi connectivity index (χ4v) is 4.03. The number of alkyl halides is 3. The van der Waals surface area contributed by atoms with Crippen LogP contribution < -0.4 is 11.2 Å². The van der Waals surface area contributed by atoms with Gasteiger partial charge >= 0.3 is 11.9 Å². The van der Waals surface area contributed by atoms with Crippen molar-refractivity contribution < 1.29 is 17.6 Å². The van der Waals surface area contributed by atoms with Gasteiger partial charge in [0.25, 0.3) is 5.56 Å². The van der Waals surface area contributed by atoms with Gasteiger partial charge < -0.3 is 0 Å². The molecule has 0 aliphatic heterocycles. The maximum Gasteiger partial charge on any atom is 0.431 e. The van der Waals surface area contributed by atoms with Gasteiger partial charge in [0.05, 0.1) is 5.69 Å². The summed E-state index contributed by atoms with van der Waals surface area (Å²) < 4.78 is 54.6. The second kappa shape index (κ2) is 6.68. The lowest BCUT2D eigenvalue weighted by atomic mass is 9.97. The molecule has 3 rings (SSSR count). The van der Waals surface area contributed by atoms with Crippen molar-refractivity contribution in [1.29, 1.82) is 0 Å². The first-order chi connectivity index (χ1) is 12.1. The molecule has 1 fully saturated rings. The monoisotopic (exact) mass is 434 g/mol. The maximum atomic E-state index is 14.5. The molecule has 140 valence electrons. The lowest BCUT2D eigenvalue weighted by Crippen LogP contribution is -2.41. The van der Waals surface area contributed by atoms with Gasteiger partial charge in [0.15, 0.2) is 0 Å². The average Bonchev–Trinajstić information content (AvgIpc) is 3.06. The van der Waals surface area contributed by atoms with E-state index in [4.69, 9.17) is 0 Å². The van der Waals surface area contributed by atoms with Gasteiger partial charge in [-0.15, -0.1) is 0 Å². The Balaban J connectivity index is 2.24. The van der Waals surface area contributed by atoms with Crippen LogP contribution in [-0.2, 0) is 13.2 Å². The standard InChI is InChI=1S/C17H15BrF4N2O2/c1-23-14(17(20,21)22)8-15(25)24(16(23)26)13-6-10(9-4-2-3-5-9)11(18)7-12(13)19/h6-9H,2-5H2,1H3. The number of nitrogens with zero attached hydrogens (tertiary/aromatic N) is 2. The highest BCUT2D eigenvalue weighted by Gasteiger charge is 2.35. The van der Waals surface area contributed by atoms with Crippen molar-refractivity contribution in [2.75, 3.05) is 0 Å². The van der Waals surface area contributed by atoms with Crippen LogP contribution in [0.2, 0.25) is 0 Å². The van der Waals surface area contributed by atoms with Crippen LogP contribution in [0.1, 0.15) is 42.9 Å². The van der Waals surface area contributed by atoms with Crippen LogP contribution in [0.25, 0.3) is 5.69 Å². The Morgan fingerprint density at radius 2 is 1.73 bits per heavy atom. The highest BCUT2D eigenvalue weighted by molar-refractivity contribution is 9.10. The normalized spacial score (nSPS) is 15.6. The summed E-state index contributed by atoms with van der Waals surface area (Å²) >= 11 is 3.29. The summed E-state index contributed by atoms with van der Waals surface area (Å²) in [6, 6.07) is 2.83. The minimum atomic E-state index is -4.86. The zero-order valence-corrected chi connectivity index (χ0v) is 15.3. The molecule has 0 amide bonds. The number of benzene rings is 1. The zero-order valence-electron chi connectivity index (χ0n) is 13.7. The summed E-state index contributed by atoms with van der Waals surface area (Å²) in [5.74, 6) is -0.713. The first-order valence-electron chi connectivity index (χ1n) is 8.01. The first kappa shape index (κ1) is 18.9. The number of hydrogen-bond donors (Lipinski definition) is 0. The Morgan fingerprint density at radius 3 is 2.31 bits per heavy atom. The van der Waals surface area contributed by atoms with Crippen molar-refractivity contribution in [2.24, 2.45) is 7.05 Å². The number of aromatic nitrogens is 2. The molecule has 0 unspecified atom stereocenters. The molecule has 0 atom stereocenters. The molecule has 26 heavy (non-hydrogen) atoms. The highest BCUT2D eigenvalue weighted by atomic mass is 79.9. The van der Waals surface area contributed by atoms with E-state index in [0.717, 1.165) is 44.4 Å². The lowest BCUT2D eigenvalue weighted by Gasteiger charge is -2.17. The Bertz CT molecular complexity index is 972. The van der Waals surface area contributed by atoms with Gasteiger partial charge in [-0.3, -0.25) is 9.36 Å². The van der Waals surface area contributed by atoms with E-state index in [2.05, 4.69) is 15.9 Å². The molecule has 1 aromatic carbocycles. The fourth-order valence-electron chi connectivity index (χ4n) is 3.39. The quantitative estimate of drug-likeness (QED) is 0.667. The predicted octanol–water partition coefficient (Wildman–Crippen LogP) is 4.11. The van der Waals surface area contributed by atoms with Crippen molar-refractivity contribution >= 4 is 15.9 Å². The summed E-state index contributed by atoms with van der Waals surface area (Å²) in [5, 5.41) is 0. The highest BCUT2D eigenvalue weighted by Crippen LogP contribution is 2.39. The Hall–Kier alpha value is -1.90. The molecule has 2 aromatic rings. The molecule has 1 saturated carbocycles. The number of hydrogen-bond acceptors (Lipinski definition) is 2. The van der Waals surface area contributed by atoms with E-state index in [1.165, 1.54) is 6.07 Å². The van der Waals surface area contributed by atoms with Crippen LogP contribution in [0.5, 0.6) is 0 Å². The summed E-state index contributed by atoms with van der Waals surface area (Å²) in [4.78, 5) is 24.6. The molecular formula is C17H15BrF4N2O2. The molecular weight excluding hydrogens is 420 g/mol. The third-order valence-corrected chi connectivity index (χ3v) is 5.40. The summed E-state index contributed by atoms with van der Waals surface area (Å²) in [6.07, 6.45) is -1.04.